The number of ether oxygens (including phenoxy) is 1. The highest BCUT2D eigenvalue weighted by molar-refractivity contribution is 7.54. The second-order valence-electron chi connectivity index (χ2n) is 4.23. The summed E-state index contributed by atoms with van der Waals surface area (Å²) in [6, 6.07) is 9.15. The van der Waals surface area contributed by atoms with Crippen LogP contribution in [0.1, 0.15) is 13.8 Å². The molecule has 0 aromatic heterocycles. The zero-order chi connectivity index (χ0) is 16.4. The first-order chi connectivity index (χ1) is 10.5. The maximum atomic E-state index is 12.4. The molecule has 0 saturated heterocycles. The van der Waals surface area contributed by atoms with Gasteiger partial charge >= 0.3 is 13.6 Å². The Hall–Kier alpha value is -1.62. The first kappa shape index (κ1) is 18.4. The molecule has 0 heterocycles. The first-order valence-corrected chi connectivity index (χ1v) is 8.76. The van der Waals surface area contributed by atoms with Crippen LogP contribution in [0.3, 0.4) is 0 Å². The Balaban J connectivity index is 2.91. The van der Waals surface area contributed by atoms with E-state index in [0.29, 0.717) is 0 Å². The summed E-state index contributed by atoms with van der Waals surface area (Å²) in [7, 11) is -1.97. The number of carbonyl (C=O) groups is 1. The van der Waals surface area contributed by atoms with E-state index < -0.39 is 13.6 Å². The number of anilines is 1. The lowest BCUT2D eigenvalue weighted by Gasteiger charge is -2.16. The number of hydrogen-bond donors (Lipinski definition) is 1. The summed E-state index contributed by atoms with van der Waals surface area (Å²) in [6.07, 6.45) is 1.46. The van der Waals surface area contributed by atoms with Crippen LogP contribution in [0.15, 0.2) is 42.1 Å². The fraction of sp³-hybridized carbons (Fsp3) is 0.400. The van der Waals surface area contributed by atoms with Gasteiger partial charge in [0.1, 0.15) is 5.70 Å². The normalized spacial score (nSPS) is 12.0. The highest BCUT2D eigenvalue weighted by Gasteiger charge is 2.23. The molecule has 0 aliphatic heterocycles. The van der Waals surface area contributed by atoms with Gasteiger partial charge in [0.15, 0.2) is 0 Å². The molecule has 0 spiro atoms. The summed E-state index contributed by atoms with van der Waals surface area (Å²) in [6.45, 7) is 4.01. The van der Waals surface area contributed by atoms with Gasteiger partial charge in [-0.05, 0) is 32.1 Å². The van der Waals surface area contributed by atoms with Crippen LogP contribution in [0.25, 0.3) is 0 Å². The third-order valence-corrected chi connectivity index (χ3v) is 4.56. The standard InChI is InChI=1S/C15H22NO5P/c1-4-20-22(18,21-5-2)12-11-14(15(17)19-3)16-13-9-7-6-8-10-13/h6-11,16H,4-5,12H2,1-3H3/b14-11+. The molecule has 0 atom stereocenters. The van der Waals surface area contributed by atoms with Gasteiger partial charge in [0.05, 0.1) is 26.5 Å². The predicted molar refractivity (Wildman–Crippen MR) is 85.9 cm³/mol. The SMILES string of the molecule is CCOP(=O)(C/C=C(/Nc1ccccc1)C(=O)OC)OCC. The average Bonchev–Trinajstić information content (AvgIpc) is 2.52. The van der Waals surface area contributed by atoms with Crippen molar-refractivity contribution < 1.29 is 23.1 Å². The van der Waals surface area contributed by atoms with Crippen LogP contribution < -0.4 is 5.32 Å². The smallest absolute Gasteiger partial charge is 0.354 e. The van der Waals surface area contributed by atoms with Gasteiger partial charge in [-0.3, -0.25) is 4.57 Å². The third kappa shape index (κ3) is 6.02. The molecule has 1 aromatic rings. The van der Waals surface area contributed by atoms with Crippen LogP contribution in [0.5, 0.6) is 0 Å². The lowest BCUT2D eigenvalue weighted by molar-refractivity contribution is -0.135. The van der Waals surface area contributed by atoms with Crippen molar-refractivity contribution in [1.29, 1.82) is 0 Å². The maximum absolute atomic E-state index is 12.4. The topological polar surface area (TPSA) is 73.9 Å². The van der Waals surface area contributed by atoms with Crippen molar-refractivity contribution in [3.05, 3.63) is 42.1 Å². The fourth-order valence-electron chi connectivity index (χ4n) is 1.71. The van der Waals surface area contributed by atoms with Gasteiger partial charge in [-0.15, -0.1) is 0 Å². The lowest BCUT2D eigenvalue weighted by atomic mass is 10.3. The lowest BCUT2D eigenvalue weighted by Crippen LogP contribution is -2.14. The number of carbonyl (C=O) groups excluding carboxylic acids is 1. The molecule has 0 saturated carbocycles. The van der Waals surface area contributed by atoms with Crippen molar-refractivity contribution >= 4 is 19.3 Å². The van der Waals surface area contributed by atoms with Gasteiger partial charge in [-0.1, -0.05) is 18.2 Å². The Kier molecular flexibility index (Phi) is 7.88. The van der Waals surface area contributed by atoms with Crippen LogP contribution in [0.2, 0.25) is 0 Å². The summed E-state index contributed by atoms with van der Waals surface area (Å²) >= 11 is 0. The van der Waals surface area contributed by atoms with Crippen molar-refractivity contribution in [2.75, 3.05) is 31.8 Å². The van der Waals surface area contributed by atoms with Gasteiger partial charge in [0, 0.05) is 5.69 Å². The fourth-order valence-corrected chi connectivity index (χ4v) is 3.19. The summed E-state index contributed by atoms with van der Waals surface area (Å²) in [5.41, 5.74) is 0.912. The Labute approximate surface area is 131 Å². The van der Waals surface area contributed by atoms with E-state index >= 15 is 0 Å². The number of rotatable bonds is 9. The molecule has 0 bridgehead atoms. The molecule has 122 valence electrons. The minimum Gasteiger partial charge on any atom is -0.464 e. The number of methoxy groups -OCH3 is 1. The Bertz CT molecular complexity index is 534. The summed E-state index contributed by atoms with van der Waals surface area (Å²) in [5.74, 6) is -0.552. The second-order valence-corrected chi connectivity index (χ2v) is 6.33. The van der Waals surface area contributed by atoms with Gasteiger partial charge in [0.2, 0.25) is 0 Å². The molecule has 1 rings (SSSR count). The number of esters is 1. The molecule has 1 aromatic carbocycles. The van der Waals surface area contributed by atoms with Crippen LogP contribution in [-0.2, 0) is 23.1 Å². The number of nitrogens with one attached hydrogen (secondary N) is 1. The van der Waals surface area contributed by atoms with E-state index in [-0.39, 0.29) is 25.1 Å². The third-order valence-electron chi connectivity index (χ3n) is 2.63. The minimum absolute atomic E-state index is 0.0149. The van der Waals surface area contributed by atoms with E-state index in [1.54, 1.807) is 26.0 Å². The number of benzene rings is 1. The summed E-state index contributed by atoms with van der Waals surface area (Å²) in [4.78, 5) is 11.8. The largest absolute Gasteiger partial charge is 0.464 e. The van der Waals surface area contributed by atoms with E-state index in [1.807, 2.05) is 18.2 Å². The van der Waals surface area contributed by atoms with Crippen molar-refractivity contribution in [1.82, 2.24) is 0 Å². The monoisotopic (exact) mass is 327 g/mol. The molecule has 0 radical (unpaired) electrons. The first-order valence-electron chi connectivity index (χ1n) is 7.03. The van der Waals surface area contributed by atoms with E-state index in [0.717, 1.165) is 5.69 Å². The number of allylic oxidation sites excluding steroid dienone is 1. The van der Waals surface area contributed by atoms with Gasteiger partial charge < -0.3 is 19.1 Å². The Morgan fingerprint density at radius 2 is 1.77 bits per heavy atom. The molecule has 0 amide bonds. The van der Waals surface area contributed by atoms with E-state index in [1.165, 1.54) is 13.2 Å². The predicted octanol–water partition coefficient (Wildman–Crippen LogP) is 3.42. The molecule has 0 unspecified atom stereocenters. The van der Waals surface area contributed by atoms with Crippen molar-refractivity contribution in [3.8, 4) is 0 Å². The Morgan fingerprint density at radius 3 is 2.27 bits per heavy atom. The molecule has 0 aliphatic rings. The van der Waals surface area contributed by atoms with Gasteiger partial charge in [-0.25, -0.2) is 4.79 Å². The van der Waals surface area contributed by atoms with E-state index in [2.05, 4.69) is 5.32 Å². The molecule has 0 aliphatic carbocycles. The molecule has 22 heavy (non-hydrogen) atoms. The minimum atomic E-state index is -3.25. The van der Waals surface area contributed by atoms with Gasteiger partial charge in [-0.2, -0.15) is 0 Å². The highest BCUT2D eigenvalue weighted by atomic mass is 31.2. The molecular formula is C15H22NO5P. The Morgan fingerprint density at radius 1 is 1.18 bits per heavy atom. The van der Waals surface area contributed by atoms with Crippen molar-refractivity contribution in [2.24, 2.45) is 0 Å². The van der Waals surface area contributed by atoms with Gasteiger partial charge in [0.25, 0.3) is 0 Å². The zero-order valence-electron chi connectivity index (χ0n) is 13.1. The summed E-state index contributed by atoms with van der Waals surface area (Å²) < 4.78 is 27.5. The number of para-hydroxylation sites is 1. The average molecular weight is 327 g/mol. The van der Waals surface area contributed by atoms with Crippen LogP contribution in [0, 0.1) is 0 Å². The maximum Gasteiger partial charge on any atom is 0.354 e. The van der Waals surface area contributed by atoms with E-state index in [4.69, 9.17) is 13.8 Å². The molecular weight excluding hydrogens is 305 g/mol. The van der Waals surface area contributed by atoms with Crippen LogP contribution in [-0.4, -0.2) is 32.5 Å². The van der Waals surface area contributed by atoms with Crippen LogP contribution >= 0.6 is 7.60 Å². The molecule has 7 heteroatoms. The second kappa shape index (κ2) is 9.41. The molecule has 6 nitrogen and oxygen atoms in total. The molecule has 1 N–H and O–H groups in total. The highest BCUT2D eigenvalue weighted by Crippen LogP contribution is 2.48. The molecule has 0 fully saturated rings. The quantitative estimate of drug-likeness (QED) is 0.425. The van der Waals surface area contributed by atoms with E-state index in [9.17, 15) is 9.36 Å². The van der Waals surface area contributed by atoms with Crippen molar-refractivity contribution in [3.63, 3.8) is 0 Å². The number of hydrogen-bond acceptors (Lipinski definition) is 6. The summed E-state index contributed by atoms with van der Waals surface area (Å²) in [5, 5.41) is 2.94. The zero-order valence-corrected chi connectivity index (χ0v) is 14.0. The van der Waals surface area contributed by atoms with Crippen molar-refractivity contribution in [2.45, 2.75) is 13.8 Å². The van der Waals surface area contributed by atoms with Crippen LogP contribution in [0.4, 0.5) is 5.69 Å².